The summed E-state index contributed by atoms with van der Waals surface area (Å²) in [6.07, 6.45) is 2.03. The highest BCUT2D eigenvalue weighted by atomic mass is 15.4. The number of aryl methyl sites for hydroxylation is 1. The molecule has 4 nitrogen and oxygen atoms in total. The van der Waals surface area contributed by atoms with Crippen LogP contribution in [0.3, 0.4) is 0 Å². The number of rotatable bonds is 0. The van der Waals surface area contributed by atoms with Gasteiger partial charge in [-0.15, -0.1) is 4.68 Å². The Morgan fingerprint density at radius 2 is 2.13 bits per heavy atom. The molecule has 4 heteroatoms. The Kier molecular flexibility index (Phi) is 1.41. The van der Waals surface area contributed by atoms with Crippen LogP contribution in [0.4, 0.5) is 0 Å². The number of pyridine rings is 1. The topological polar surface area (TPSA) is 39.2 Å². The monoisotopic (exact) mass is 201 g/mol. The van der Waals surface area contributed by atoms with E-state index in [1.165, 1.54) is 0 Å². The summed E-state index contributed by atoms with van der Waals surface area (Å²) in [6, 6.07) is 8.26. The van der Waals surface area contributed by atoms with Gasteiger partial charge in [0, 0.05) is 19.2 Å². The van der Waals surface area contributed by atoms with Crippen molar-refractivity contribution in [2.75, 3.05) is 5.84 Å². The van der Waals surface area contributed by atoms with E-state index in [4.69, 9.17) is 5.84 Å². The van der Waals surface area contributed by atoms with Gasteiger partial charge in [-0.05, 0) is 12.1 Å². The SMILES string of the molecule is Cc1n(N)c2c(cc3ccccn32)[n+]1C. The summed E-state index contributed by atoms with van der Waals surface area (Å²) < 4.78 is 5.92. The van der Waals surface area contributed by atoms with Crippen molar-refractivity contribution in [3.8, 4) is 0 Å². The van der Waals surface area contributed by atoms with Crippen molar-refractivity contribution >= 4 is 16.7 Å². The molecule has 76 valence electrons. The Balaban J connectivity index is 2.65. The lowest BCUT2D eigenvalue weighted by atomic mass is 10.4. The summed E-state index contributed by atoms with van der Waals surface area (Å²) in [5, 5.41) is 0. The van der Waals surface area contributed by atoms with Gasteiger partial charge in [0.1, 0.15) is 0 Å². The van der Waals surface area contributed by atoms with Gasteiger partial charge in [0.15, 0.2) is 5.52 Å². The molecule has 3 aromatic rings. The molecule has 0 aliphatic rings. The summed E-state index contributed by atoms with van der Waals surface area (Å²) in [7, 11) is 2.03. The summed E-state index contributed by atoms with van der Waals surface area (Å²) in [4.78, 5) is 0. The van der Waals surface area contributed by atoms with Gasteiger partial charge in [-0.3, -0.25) is 10.2 Å². The minimum Gasteiger partial charge on any atom is -0.279 e. The van der Waals surface area contributed by atoms with E-state index in [0.717, 1.165) is 22.5 Å². The summed E-state index contributed by atoms with van der Waals surface area (Å²) >= 11 is 0. The standard InChI is InChI=1S/C11H13N4/c1-8-13(2)10-7-9-5-3-4-6-14(9)11(10)15(8)12/h3-7H,12H2,1-2H3/q+1. The Morgan fingerprint density at radius 1 is 1.33 bits per heavy atom. The molecule has 0 spiro atoms. The summed E-state index contributed by atoms with van der Waals surface area (Å²) in [5.74, 6) is 7.06. The van der Waals surface area contributed by atoms with Crippen molar-refractivity contribution in [3.05, 3.63) is 36.3 Å². The number of nitrogen functional groups attached to an aromatic ring is 1. The van der Waals surface area contributed by atoms with Crippen molar-refractivity contribution in [3.63, 3.8) is 0 Å². The molecule has 0 aliphatic carbocycles. The van der Waals surface area contributed by atoms with Gasteiger partial charge < -0.3 is 0 Å². The third-order valence-electron chi connectivity index (χ3n) is 3.06. The lowest BCUT2D eigenvalue weighted by Crippen LogP contribution is -2.32. The van der Waals surface area contributed by atoms with Crippen LogP contribution in [-0.2, 0) is 7.05 Å². The molecule has 0 radical (unpaired) electrons. The van der Waals surface area contributed by atoms with Gasteiger partial charge in [0.05, 0.1) is 12.6 Å². The van der Waals surface area contributed by atoms with E-state index >= 15 is 0 Å². The molecule has 0 aliphatic heterocycles. The van der Waals surface area contributed by atoms with E-state index in [0.29, 0.717) is 0 Å². The van der Waals surface area contributed by atoms with Crippen LogP contribution in [0.5, 0.6) is 0 Å². The summed E-state index contributed by atoms with van der Waals surface area (Å²) in [6.45, 7) is 2.01. The number of hydrogen-bond donors (Lipinski definition) is 1. The Hall–Kier alpha value is -1.97. The first-order valence-electron chi connectivity index (χ1n) is 4.92. The Bertz CT molecular complexity index is 660. The van der Waals surface area contributed by atoms with Crippen molar-refractivity contribution in [1.29, 1.82) is 0 Å². The summed E-state index contributed by atoms with van der Waals surface area (Å²) in [5.41, 5.74) is 3.35. The number of aromatic nitrogens is 3. The zero-order valence-electron chi connectivity index (χ0n) is 8.81. The minimum atomic E-state index is 1.03. The average Bonchev–Trinajstić information content (AvgIpc) is 2.72. The van der Waals surface area contributed by atoms with Gasteiger partial charge in [0.2, 0.25) is 0 Å². The Morgan fingerprint density at radius 3 is 2.93 bits per heavy atom. The van der Waals surface area contributed by atoms with Crippen LogP contribution in [0.15, 0.2) is 30.5 Å². The zero-order valence-corrected chi connectivity index (χ0v) is 8.81. The molecule has 15 heavy (non-hydrogen) atoms. The molecule has 0 aromatic carbocycles. The van der Waals surface area contributed by atoms with Crippen molar-refractivity contribution < 1.29 is 4.57 Å². The molecule has 0 saturated carbocycles. The Labute approximate surface area is 87.1 Å². The van der Waals surface area contributed by atoms with Gasteiger partial charge in [0.25, 0.3) is 11.5 Å². The van der Waals surface area contributed by atoms with E-state index in [1.807, 2.05) is 32.3 Å². The normalized spacial score (nSPS) is 11.6. The molecule has 2 N–H and O–H groups in total. The number of fused-ring (bicyclic) bond motifs is 3. The van der Waals surface area contributed by atoms with Crippen molar-refractivity contribution in [1.82, 2.24) is 9.08 Å². The van der Waals surface area contributed by atoms with Crippen LogP contribution >= 0.6 is 0 Å². The average molecular weight is 201 g/mol. The number of hydrogen-bond acceptors (Lipinski definition) is 1. The number of nitrogens with zero attached hydrogens (tertiary/aromatic N) is 3. The van der Waals surface area contributed by atoms with Crippen molar-refractivity contribution in [2.24, 2.45) is 7.05 Å². The molecule has 3 rings (SSSR count). The van der Waals surface area contributed by atoms with Gasteiger partial charge in [-0.25, -0.2) is 4.57 Å². The molecular weight excluding hydrogens is 188 g/mol. The molecule has 0 fully saturated rings. The second kappa shape index (κ2) is 2.53. The lowest BCUT2D eigenvalue weighted by molar-refractivity contribution is -0.652. The fraction of sp³-hybridized carbons (Fsp3) is 0.182. The van der Waals surface area contributed by atoms with E-state index in [2.05, 4.69) is 21.1 Å². The predicted octanol–water partition coefficient (Wildman–Crippen LogP) is 0.741. The van der Waals surface area contributed by atoms with Crippen LogP contribution < -0.4 is 10.4 Å². The number of nitrogens with two attached hydrogens (primary N) is 1. The van der Waals surface area contributed by atoms with Crippen LogP contribution in [0.2, 0.25) is 0 Å². The van der Waals surface area contributed by atoms with Gasteiger partial charge in [-0.1, -0.05) is 6.07 Å². The smallest absolute Gasteiger partial charge is 0.278 e. The first-order valence-corrected chi connectivity index (χ1v) is 4.92. The molecule has 0 atom stereocenters. The minimum absolute atomic E-state index is 1.03. The van der Waals surface area contributed by atoms with E-state index in [9.17, 15) is 0 Å². The molecule has 0 unspecified atom stereocenters. The lowest BCUT2D eigenvalue weighted by Gasteiger charge is -1.93. The maximum Gasteiger partial charge on any atom is 0.278 e. The predicted molar refractivity (Wildman–Crippen MR) is 59.0 cm³/mol. The second-order valence-electron chi connectivity index (χ2n) is 3.82. The highest BCUT2D eigenvalue weighted by Gasteiger charge is 2.21. The maximum atomic E-state index is 6.02. The second-order valence-corrected chi connectivity index (χ2v) is 3.82. The van der Waals surface area contributed by atoms with E-state index in [-0.39, 0.29) is 0 Å². The van der Waals surface area contributed by atoms with Crippen LogP contribution in [0.25, 0.3) is 16.7 Å². The van der Waals surface area contributed by atoms with Gasteiger partial charge in [-0.2, -0.15) is 0 Å². The van der Waals surface area contributed by atoms with E-state index < -0.39 is 0 Å². The fourth-order valence-corrected chi connectivity index (χ4v) is 2.07. The molecule has 0 amide bonds. The molecular formula is C11H13N4+. The zero-order chi connectivity index (χ0) is 10.6. The molecule has 0 bridgehead atoms. The van der Waals surface area contributed by atoms with Gasteiger partial charge >= 0.3 is 0 Å². The van der Waals surface area contributed by atoms with Crippen LogP contribution in [-0.4, -0.2) is 9.08 Å². The maximum absolute atomic E-state index is 6.02. The highest BCUT2D eigenvalue weighted by Crippen LogP contribution is 2.17. The molecule has 3 heterocycles. The van der Waals surface area contributed by atoms with Crippen molar-refractivity contribution in [2.45, 2.75) is 6.92 Å². The third kappa shape index (κ3) is 0.883. The molecule has 3 aromatic heterocycles. The first kappa shape index (κ1) is 8.35. The van der Waals surface area contributed by atoms with E-state index in [1.54, 1.807) is 4.68 Å². The third-order valence-corrected chi connectivity index (χ3v) is 3.06. The quantitative estimate of drug-likeness (QED) is 0.423. The van der Waals surface area contributed by atoms with Crippen LogP contribution in [0.1, 0.15) is 5.82 Å². The fourth-order valence-electron chi connectivity index (χ4n) is 2.07. The van der Waals surface area contributed by atoms with Crippen LogP contribution in [0, 0.1) is 6.92 Å². The highest BCUT2D eigenvalue weighted by molar-refractivity contribution is 5.79. The molecule has 0 saturated heterocycles. The first-order chi connectivity index (χ1) is 7.20. The largest absolute Gasteiger partial charge is 0.279 e. The number of imidazole rings is 1.